The number of hydrogen-bond acceptors (Lipinski definition) is 2. The molecule has 0 saturated heterocycles. The third-order valence-electron chi connectivity index (χ3n) is 3.15. The average molecular weight is 243 g/mol. The van der Waals surface area contributed by atoms with Gasteiger partial charge in [-0.3, -0.25) is 0 Å². The second-order valence-corrected chi connectivity index (χ2v) is 4.29. The summed E-state index contributed by atoms with van der Waals surface area (Å²) in [5.74, 6) is 0. The maximum Gasteiger partial charge on any atom is 0.0415 e. The van der Waals surface area contributed by atoms with Crippen LogP contribution in [0.25, 0.3) is 0 Å². The van der Waals surface area contributed by atoms with Gasteiger partial charge in [0.2, 0.25) is 0 Å². The zero-order chi connectivity index (χ0) is 12.8. The number of nitrogens with one attached hydrogen (secondary N) is 2. The van der Waals surface area contributed by atoms with Gasteiger partial charge in [-0.05, 0) is 49.7 Å². The second kappa shape index (κ2) is 6.15. The molecular formula is C15H21N3. The summed E-state index contributed by atoms with van der Waals surface area (Å²) in [5.41, 5.74) is 3.71. The summed E-state index contributed by atoms with van der Waals surface area (Å²) in [6, 6.07) is 10.7. The molecule has 0 radical (unpaired) electrons. The van der Waals surface area contributed by atoms with Crippen LogP contribution in [0.5, 0.6) is 0 Å². The largest absolute Gasteiger partial charge is 0.381 e. The summed E-state index contributed by atoms with van der Waals surface area (Å²) in [7, 11) is 0. The Balaban J connectivity index is 1.95. The number of benzene rings is 1. The maximum absolute atomic E-state index is 3.41. The third kappa shape index (κ3) is 3.06. The molecule has 0 saturated carbocycles. The first kappa shape index (κ1) is 12.6. The van der Waals surface area contributed by atoms with E-state index in [0.717, 1.165) is 25.3 Å². The number of nitrogens with zero attached hydrogens (tertiary/aromatic N) is 1. The highest BCUT2D eigenvalue weighted by Crippen LogP contribution is 2.18. The van der Waals surface area contributed by atoms with Gasteiger partial charge in [0.15, 0.2) is 0 Å². The molecule has 3 nitrogen and oxygen atoms in total. The van der Waals surface area contributed by atoms with E-state index in [9.17, 15) is 0 Å². The molecule has 0 spiro atoms. The fourth-order valence-corrected chi connectivity index (χ4v) is 2.05. The minimum atomic E-state index is 0.855. The van der Waals surface area contributed by atoms with Crippen LogP contribution in [0.4, 0.5) is 11.4 Å². The molecule has 1 aromatic carbocycles. The molecule has 2 N–H and O–H groups in total. The lowest BCUT2D eigenvalue weighted by molar-refractivity contribution is 0.866. The standard InChI is InChI=1S/C15H21N3/c1-3-18(4-2)15-7-5-14(6-8-15)17-12-13-9-10-16-11-13/h5-11,16-17H,3-4,12H2,1-2H3. The quantitative estimate of drug-likeness (QED) is 0.814. The Morgan fingerprint density at radius 1 is 1.06 bits per heavy atom. The van der Waals surface area contributed by atoms with Crippen LogP contribution in [-0.2, 0) is 6.54 Å². The third-order valence-corrected chi connectivity index (χ3v) is 3.15. The van der Waals surface area contributed by atoms with Crippen LogP contribution in [0.2, 0.25) is 0 Å². The molecule has 1 heterocycles. The predicted octanol–water partition coefficient (Wildman–Crippen LogP) is 3.47. The monoisotopic (exact) mass is 243 g/mol. The van der Waals surface area contributed by atoms with Gasteiger partial charge in [-0.1, -0.05) is 0 Å². The number of anilines is 2. The first-order chi connectivity index (χ1) is 8.83. The van der Waals surface area contributed by atoms with E-state index in [1.807, 2.05) is 12.4 Å². The van der Waals surface area contributed by atoms with Crippen molar-refractivity contribution in [1.82, 2.24) is 4.98 Å². The summed E-state index contributed by atoms with van der Waals surface area (Å²) in [6.07, 6.45) is 3.96. The highest BCUT2D eigenvalue weighted by Gasteiger charge is 2.01. The Kier molecular flexibility index (Phi) is 4.29. The Morgan fingerprint density at radius 2 is 1.78 bits per heavy atom. The van der Waals surface area contributed by atoms with Crippen molar-refractivity contribution in [3.8, 4) is 0 Å². The van der Waals surface area contributed by atoms with Gasteiger partial charge in [-0.25, -0.2) is 0 Å². The maximum atomic E-state index is 3.41. The van der Waals surface area contributed by atoms with E-state index in [1.54, 1.807) is 0 Å². The number of rotatable bonds is 6. The van der Waals surface area contributed by atoms with Gasteiger partial charge in [0, 0.05) is 43.4 Å². The van der Waals surface area contributed by atoms with Gasteiger partial charge >= 0.3 is 0 Å². The number of hydrogen-bond donors (Lipinski definition) is 2. The van der Waals surface area contributed by atoms with Gasteiger partial charge in [0.05, 0.1) is 0 Å². The van der Waals surface area contributed by atoms with E-state index in [2.05, 4.69) is 59.4 Å². The van der Waals surface area contributed by atoms with Crippen molar-refractivity contribution in [1.29, 1.82) is 0 Å². The molecule has 0 bridgehead atoms. The lowest BCUT2D eigenvalue weighted by Crippen LogP contribution is -2.21. The first-order valence-electron chi connectivity index (χ1n) is 6.54. The normalized spacial score (nSPS) is 10.3. The average Bonchev–Trinajstić information content (AvgIpc) is 2.92. The molecule has 0 aliphatic rings. The van der Waals surface area contributed by atoms with Crippen LogP contribution >= 0.6 is 0 Å². The highest BCUT2D eigenvalue weighted by atomic mass is 15.1. The molecule has 18 heavy (non-hydrogen) atoms. The predicted molar refractivity (Wildman–Crippen MR) is 78.1 cm³/mol. The zero-order valence-electron chi connectivity index (χ0n) is 11.1. The van der Waals surface area contributed by atoms with Crippen LogP contribution in [0.15, 0.2) is 42.7 Å². The Morgan fingerprint density at radius 3 is 2.33 bits per heavy atom. The summed E-state index contributed by atoms with van der Waals surface area (Å²) in [5, 5.41) is 3.41. The molecule has 0 atom stereocenters. The Bertz CT molecular complexity index is 441. The molecule has 2 aromatic rings. The fourth-order valence-electron chi connectivity index (χ4n) is 2.05. The van der Waals surface area contributed by atoms with E-state index in [-0.39, 0.29) is 0 Å². The first-order valence-corrected chi connectivity index (χ1v) is 6.54. The fraction of sp³-hybridized carbons (Fsp3) is 0.333. The van der Waals surface area contributed by atoms with Crippen molar-refractivity contribution in [2.75, 3.05) is 23.3 Å². The van der Waals surface area contributed by atoms with E-state index >= 15 is 0 Å². The molecule has 0 amide bonds. The van der Waals surface area contributed by atoms with Gasteiger partial charge in [0.1, 0.15) is 0 Å². The summed E-state index contributed by atoms with van der Waals surface area (Å²) < 4.78 is 0. The molecule has 0 aliphatic heterocycles. The highest BCUT2D eigenvalue weighted by molar-refractivity contribution is 5.55. The summed E-state index contributed by atoms with van der Waals surface area (Å²) in [6.45, 7) is 7.32. The Hall–Kier alpha value is -1.90. The van der Waals surface area contributed by atoms with E-state index in [4.69, 9.17) is 0 Å². The topological polar surface area (TPSA) is 31.1 Å². The number of aromatic amines is 1. The van der Waals surface area contributed by atoms with Crippen molar-refractivity contribution < 1.29 is 0 Å². The zero-order valence-corrected chi connectivity index (χ0v) is 11.1. The molecule has 0 fully saturated rings. The van der Waals surface area contributed by atoms with E-state index in [1.165, 1.54) is 11.3 Å². The van der Waals surface area contributed by atoms with Crippen molar-refractivity contribution in [3.05, 3.63) is 48.3 Å². The molecule has 3 heteroatoms. The lowest BCUT2D eigenvalue weighted by Gasteiger charge is -2.21. The summed E-state index contributed by atoms with van der Waals surface area (Å²) in [4.78, 5) is 5.40. The minimum Gasteiger partial charge on any atom is -0.381 e. The van der Waals surface area contributed by atoms with E-state index < -0.39 is 0 Å². The van der Waals surface area contributed by atoms with Crippen LogP contribution < -0.4 is 10.2 Å². The van der Waals surface area contributed by atoms with Crippen molar-refractivity contribution in [2.24, 2.45) is 0 Å². The molecule has 2 rings (SSSR count). The Labute approximate surface area is 109 Å². The van der Waals surface area contributed by atoms with Crippen LogP contribution in [0.1, 0.15) is 19.4 Å². The van der Waals surface area contributed by atoms with Crippen LogP contribution in [-0.4, -0.2) is 18.1 Å². The van der Waals surface area contributed by atoms with E-state index in [0.29, 0.717) is 0 Å². The number of aromatic nitrogens is 1. The lowest BCUT2D eigenvalue weighted by atomic mass is 10.2. The molecule has 96 valence electrons. The van der Waals surface area contributed by atoms with Crippen LogP contribution in [0.3, 0.4) is 0 Å². The second-order valence-electron chi connectivity index (χ2n) is 4.29. The van der Waals surface area contributed by atoms with Gasteiger partial charge in [0.25, 0.3) is 0 Å². The van der Waals surface area contributed by atoms with Crippen LogP contribution in [0, 0.1) is 0 Å². The van der Waals surface area contributed by atoms with Gasteiger partial charge in [-0.2, -0.15) is 0 Å². The SMILES string of the molecule is CCN(CC)c1ccc(NCc2cc[nH]c2)cc1. The van der Waals surface area contributed by atoms with Crippen molar-refractivity contribution in [3.63, 3.8) is 0 Å². The van der Waals surface area contributed by atoms with Gasteiger partial charge in [-0.15, -0.1) is 0 Å². The minimum absolute atomic E-state index is 0.855. The summed E-state index contributed by atoms with van der Waals surface area (Å²) >= 11 is 0. The smallest absolute Gasteiger partial charge is 0.0415 e. The number of H-pyrrole nitrogens is 1. The van der Waals surface area contributed by atoms with Gasteiger partial charge < -0.3 is 15.2 Å². The molecular weight excluding hydrogens is 222 g/mol. The molecule has 0 aliphatic carbocycles. The molecule has 0 unspecified atom stereocenters. The van der Waals surface area contributed by atoms with Crippen molar-refractivity contribution >= 4 is 11.4 Å². The van der Waals surface area contributed by atoms with Crippen molar-refractivity contribution in [2.45, 2.75) is 20.4 Å². The molecule has 1 aromatic heterocycles.